The van der Waals surface area contributed by atoms with Crippen molar-refractivity contribution in [2.24, 2.45) is 0 Å². The van der Waals surface area contributed by atoms with Gasteiger partial charge in [-0.3, -0.25) is 14.5 Å². The molecule has 1 aliphatic rings. The smallest absolute Gasteiger partial charge is 0.493 e. The van der Waals surface area contributed by atoms with Crippen LogP contribution in [0.4, 0.5) is 13.2 Å². The molecule has 1 aliphatic heterocycles. The highest BCUT2D eigenvalue weighted by molar-refractivity contribution is 9.10. The van der Waals surface area contributed by atoms with Crippen LogP contribution in [0.5, 0.6) is 17.2 Å². The van der Waals surface area contributed by atoms with Gasteiger partial charge in [0.25, 0.3) is 0 Å². The third-order valence-corrected chi connectivity index (χ3v) is 7.37. The van der Waals surface area contributed by atoms with Crippen molar-refractivity contribution < 1.29 is 45.4 Å². The van der Waals surface area contributed by atoms with Gasteiger partial charge < -0.3 is 14.2 Å². The summed E-state index contributed by atoms with van der Waals surface area (Å²) >= 11 is 2.96. The molecule has 190 valence electrons. The predicted octanol–water partition coefficient (Wildman–Crippen LogP) is 2.97. The molecular weight excluding hydrogens is 561 g/mol. The summed E-state index contributed by atoms with van der Waals surface area (Å²) in [5, 5.41) is 0. The fourth-order valence-electron chi connectivity index (χ4n) is 3.40. The number of benzene rings is 2. The summed E-state index contributed by atoms with van der Waals surface area (Å²) in [6, 6.07) is 8.03. The molecule has 0 spiro atoms. The van der Waals surface area contributed by atoms with Gasteiger partial charge in [-0.1, -0.05) is 22.0 Å². The molecule has 0 radical (unpaired) electrons. The predicted molar refractivity (Wildman–Crippen MR) is 120 cm³/mol. The summed E-state index contributed by atoms with van der Waals surface area (Å²) in [5.41, 5.74) is 0.738. The zero-order valence-electron chi connectivity index (χ0n) is 18.5. The van der Waals surface area contributed by atoms with Crippen LogP contribution in [0.2, 0.25) is 0 Å². The lowest BCUT2D eigenvalue weighted by Crippen LogP contribution is -2.55. The number of methoxy groups -OCH3 is 2. The Labute approximate surface area is 207 Å². The molecule has 9 nitrogen and oxygen atoms in total. The SMILES string of the molecule is COc1ccc(CCN2C(=O)CN(S(=O)(=O)c3ccc(Br)cc3OC(F)(F)F)CC2=O)cc1OC. The van der Waals surface area contributed by atoms with Gasteiger partial charge in [-0.25, -0.2) is 8.42 Å². The summed E-state index contributed by atoms with van der Waals surface area (Å²) in [6.07, 6.45) is -4.89. The van der Waals surface area contributed by atoms with Crippen molar-refractivity contribution in [3.05, 3.63) is 46.4 Å². The minimum atomic E-state index is -5.15. The van der Waals surface area contributed by atoms with E-state index in [0.717, 1.165) is 22.6 Å². The van der Waals surface area contributed by atoms with Gasteiger partial charge in [0.1, 0.15) is 4.90 Å². The zero-order valence-corrected chi connectivity index (χ0v) is 20.9. The van der Waals surface area contributed by atoms with Crippen LogP contribution in [0.15, 0.2) is 45.8 Å². The third-order valence-electron chi connectivity index (χ3n) is 5.05. The highest BCUT2D eigenvalue weighted by atomic mass is 79.9. The van der Waals surface area contributed by atoms with E-state index in [4.69, 9.17) is 9.47 Å². The molecule has 0 atom stereocenters. The van der Waals surface area contributed by atoms with E-state index in [-0.39, 0.29) is 17.4 Å². The molecule has 0 N–H and O–H groups in total. The average Bonchev–Trinajstić information content (AvgIpc) is 2.77. The maximum absolute atomic E-state index is 13.0. The van der Waals surface area contributed by atoms with Crippen LogP contribution >= 0.6 is 15.9 Å². The Hall–Kier alpha value is -2.84. The van der Waals surface area contributed by atoms with Gasteiger partial charge in [0.05, 0.1) is 27.3 Å². The van der Waals surface area contributed by atoms with E-state index in [1.54, 1.807) is 18.2 Å². The number of nitrogens with zero attached hydrogens (tertiary/aromatic N) is 2. The van der Waals surface area contributed by atoms with Gasteiger partial charge in [-0.2, -0.15) is 4.31 Å². The van der Waals surface area contributed by atoms with E-state index in [0.29, 0.717) is 15.8 Å². The average molecular weight is 581 g/mol. The number of hydrogen-bond donors (Lipinski definition) is 0. The Morgan fingerprint density at radius 1 is 0.943 bits per heavy atom. The Kier molecular flexibility index (Phi) is 7.97. The first-order chi connectivity index (χ1) is 16.4. The molecule has 2 aromatic rings. The van der Waals surface area contributed by atoms with Crippen molar-refractivity contribution in [2.75, 3.05) is 33.9 Å². The molecule has 35 heavy (non-hydrogen) atoms. The van der Waals surface area contributed by atoms with Crippen LogP contribution in [0.1, 0.15) is 5.56 Å². The number of rotatable bonds is 8. The lowest BCUT2D eigenvalue weighted by molar-refractivity contribution is -0.275. The third kappa shape index (κ3) is 6.24. The first-order valence-corrected chi connectivity index (χ1v) is 12.2. The number of halogens is 4. The van der Waals surface area contributed by atoms with Crippen molar-refractivity contribution in [1.29, 1.82) is 0 Å². The minimum Gasteiger partial charge on any atom is -0.493 e. The van der Waals surface area contributed by atoms with Crippen molar-refractivity contribution in [2.45, 2.75) is 17.7 Å². The topological polar surface area (TPSA) is 102 Å². The molecule has 2 amide bonds. The number of sulfonamides is 1. The van der Waals surface area contributed by atoms with E-state index < -0.39 is 51.9 Å². The second kappa shape index (κ2) is 10.4. The van der Waals surface area contributed by atoms with Gasteiger partial charge in [0, 0.05) is 11.0 Å². The van der Waals surface area contributed by atoms with E-state index >= 15 is 0 Å². The first-order valence-electron chi connectivity index (χ1n) is 9.95. The van der Waals surface area contributed by atoms with Gasteiger partial charge in [0.15, 0.2) is 17.2 Å². The summed E-state index contributed by atoms with van der Waals surface area (Å²) in [7, 11) is -1.72. The number of piperazine rings is 1. The Bertz CT molecular complexity index is 1220. The van der Waals surface area contributed by atoms with Gasteiger partial charge in [-0.15, -0.1) is 13.2 Å². The van der Waals surface area contributed by atoms with Crippen LogP contribution < -0.4 is 14.2 Å². The van der Waals surface area contributed by atoms with Crippen LogP contribution in [-0.4, -0.2) is 69.7 Å². The molecule has 0 unspecified atom stereocenters. The Morgan fingerprint density at radius 3 is 2.14 bits per heavy atom. The summed E-state index contributed by atoms with van der Waals surface area (Å²) in [4.78, 5) is 25.4. The van der Waals surface area contributed by atoms with E-state index in [1.807, 2.05) is 0 Å². The number of imide groups is 1. The van der Waals surface area contributed by atoms with Crippen molar-refractivity contribution in [3.8, 4) is 17.2 Å². The molecule has 1 heterocycles. The van der Waals surface area contributed by atoms with Crippen LogP contribution in [0.3, 0.4) is 0 Å². The fourth-order valence-corrected chi connectivity index (χ4v) is 5.18. The standard InChI is InChI=1S/C21H20BrF3N2O7S/c1-32-15-5-3-13(9-16(15)33-2)7-8-27-19(28)11-26(12-20(27)29)35(30,31)18-6-4-14(22)10-17(18)34-21(23,24)25/h3-6,9-10H,7-8,11-12H2,1-2H3. The maximum Gasteiger partial charge on any atom is 0.573 e. The lowest BCUT2D eigenvalue weighted by atomic mass is 10.1. The Balaban J connectivity index is 1.76. The number of ether oxygens (including phenoxy) is 3. The quantitative estimate of drug-likeness (QED) is 0.442. The van der Waals surface area contributed by atoms with Crippen LogP contribution in [0, 0.1) is 0 Å². The second-order valence-corrected chi connectivity index (χ2v) is 10.1. The van der Waals surface area contributed by atoms with Crippen molar-refractivity contribution >= 4 is 37.8 Å². The van der Waals surface area contributed by atoms with Crippen molar-refractivity contribution in [1.82, 2.24) is 9.21 Å². The lowest BCUT2D eigenvalue weighted by Gasteiger charge is -2.32. The largest absolute Gasteiger partial charge is 0.573 e. The minimum absolute atomic E-state index is 0.0260. The maximum atomic E-state index is 13.0. The molecule has 14 heteroatoms. The molecule has 0 saturated carbocycles. The number of alkyl halides is 3. The molecule has 0 bridgehead atoms. The molecule has 1 fully saturated rings. The number of carbonyl (C=O) groups is 2. The van der Waals surface area contributed by atoms with Crippen LogP contribution in [-0.2, 0) is 26.0 Å². The van der Waals surface area contributed by atoms with Crippen LogP contribution in [0.25, 0.3) is 0 Å². The number of amides is 2. The highest BCUT2D eigenvalue weighted by Gasteiger charge is 2.40. The van der Waals surface area contributed by atoms with E-state index in [2.05, 4.69) is 20.7 Å². The summed E-state index contributed by atoms with van der Waals surface area (Å²) < 4.78 is 79.4. The normalized spacial score (nSPS) is 15.3. The summed E-state index contributed by atoms with van der Waals surface area (Å²) in [6.45, 7) is -1.47. The van der Waals surface area contributed by atoms with E-state index in [9.17, 15) is 31.2 Å². The number of carbonyl (C=O) groups excluding carboxylic acids is 2. The zero-order chi connectivity index (χ0) is 26.0. The highest BCUT2D eigenvalue weighted by Crippen LogP contribution is 2.34. The molecular formula is C21H20BrF3N2O7S. The Morgan fingerprint density at radius 2 is 1.57 bits per heavy atom. The van der Waals surface area contributed by atoms with Crippen molar-refractivity contribution in [3.63, 3.8) is 0 Å². The van der Waals surface area contributed by atoms with Gasteiger partial charge in [-0.05, 0) is 42.3 Å². The monoisotopic (exact) mass is 580 g/mol. The molecule has 3 rings (SSSR count). The second-order valence-electron chi connectivity index (χ2n) is 7.29. The van der Waals surface area contributed by atoms with Gasteiger partial charge in [0.2, 0.25) is 21.8 Å². The molecule has 2 aromatic carbocycles. The van der Waals surface area contributed by atoms with Gasteiger partial charge >= 0.3 is 6.36 Å². The first kappa shape index (κ1) is 26.8. The molecule has 0 aliphatic carbocycles. The van der Waals surface area contributed by atoms with E-state index in [1.165, 1.54) is 20.3 Å². The molecule has 1 saturated heterocycles. The molecule has 0 aromatic heterocycles. The fraction of sp³-hybridized carbons (Fsp3) is 0.333. The summed E-state index contributed by atoms with van der Waals surface area (Å²) in [5.74, 6) is -1.63. The number of hydrogen-bond acceptors (Lipinski definition) is 7.